The summed E-state index contributed by atoms with van der Waals surface area (Å²) < 4.78 is 10.3. The topological polar surface area (TPSA) is 38.8 Å². The monoisotopic (exact) mass is 402 g/mol. The molecule has 144 valence electrons. The zero-order valence-corrected chi connectivity index (χ0v) is 17.3. The summed E-state index contributed by atoms with van der Waals surface area (Å²) in [5.74, 6) is 2.00. The van der Waals surface area contributed by atoms with E-state index in [2.05, 4.69) is 42.5 Å². The molecule has 0 spiro atoms. The van der Waals surface area contributed by atoms with E-state index in [-0.39, 0.29) is 12.1 Å². The lowest BCUT2D eigenvalue weighted by Crippen LogP contribution is -2.09. The lowest BCUT2D eigenvalue weighted by atomic mass is 10.1. The number of hydrogen-bond acceptors (Lipinski definition) is 5. The minimum Gasteiger partial charge on any atom is -0.467 e. The van der Waals surface area contributed by atoms with Crippen LogP contribution in [0.1, 0.15) is 37.4 Å². The van der Waals surface area contributed by atoms with Gasteiger partial charge in [-0.25, -0.2) is 4.79 Å². The number of epoxide rings is 1. The van der Waals surface area contributed by atoms with Crippen molar-refractivity contribution < 1.29 is 14.3 Å². The van der Waals surface area contributed by atoms with Crippen molar-refractivity contribution in [1.82, 2.24) is 0 Å². The molecular weight excluding hydrogens is 376 g/mol. The molecule has 3 rings (SSSR count). The van der Waals surface area contributed by atoms with Crippen LogP contribution in [0.4, 0.5) is 0 Å². The molecule has 27 heavy (non-hydrogen) atoms. The van der Waals surface area contributed by atoms with Crippen LogP contribution in [-0.2, 0) is 14.3 Å². The first-order valence-corrected chi connectivity index (χ1v) is 11.4. The molecule has 0 amide bonds. The maximum absolute atomic E-state index is 11.6. The molecule has 1 fully saturated rings. The van der Waals surface area contributed by atoms with Crippen molar-refractivity contribution in [1.29, 1.82) is 0 Å². The van der Waals surface area contributed by atoms with Crippen LogP contribution in [0.5, 0.6) is 0 Å². The number of hydrogen-bond donors (Lipinski definition) is 0. The molecule has 0 N–H and O–H groups in total. The fraction of sp³-hybridized carbons (Fsp3) is 0.409. The number of thioether (sulfide) groups is 2. The van der Waals surface area contributed by atoms with Crippen molar-refractivity contribution in [2.75, 3.05) is 18.6 Å². The molecule has 1 aliphatic heterocycles. The van der Waals surface area contributed by atoms with Gasteiger partial charge in [-0.2, -0.15) is 0 Å². The molecule has 0 aliphatic carbocycles. The summed E-state index contributed by atoms with van der Waals surface area (Å²) in [7, 11) is 1.40. The number of carbonyl (C=O) groups is 1. The summed E-state index contributed by atoms with van der Waals surface area (Å²) in [4.78, 5) is 14.2. The van der Waals surface area contributed by atoms with Crippen molar-refractivity contribution in [2.45, 2.75) is 47.7 Å². The highest BCUT2D eigenvalue weighted by Gasteiger charge is 2.48. The van der Waals surface area contributed by atoms with Crippen molar-refractivity contribution in [2.24, 2.45) is 0 Å². The molecule has 2 aromatic rings. The lowest BCUT2D eigenvalue weighted by molar-refractivity contribution is -0.142. The SMILES string of the molecule is COC(=O)[C@@H]1O[C@H]1c1ccccc1SCCCCCCSc1ccccc1. The third kappa shape index (κ3) is 6.30. The van der Waals surface area contributed by atoms with E-state index in [4.69, 9.17) is 9.47 Å². The molecular formula is C22H26O3S2. The number of unbranched alkanes of at least 4 members (excludes halogenated alkanes) is 3. The Labute approximate surface area is 170 Å². The molecule has 2 atom stereocenters. The Kier molecular flexibility index (Phi) is 8.11. The molecule has 1 saturated heterocycles. The van der Waals surface area contributed by atoms with Gasteiger partial charge >= 0.3 is 5.97 Å². The largest absolute Gasteiger partial charge is 0.467 e. The second kappa shape index (κ2) is 10.8. The normalized spacial score (nSPS) is 18.3. The fourth-order valence-corrected chi connectivity index (χ4v) is 4.97. The third-order valence-electron chi connectivity index (χ3n) is 4.46. The fourth-order valence-electron chi connectivity index (χ4n) is 2.94. The minimum atomic E-state index is -0.432. The minimum absolute atomic E-state index is 0.142. The second-order valence-electron chi connectivity index (χ2n) is 6.46. The van der Waals surface area contributed by atoms with E-state index >= 15 is 0 Å². The Bertz CT molecular complexity index is 721. The van der Waals surface area contributed by atoms with Gasteiger partial charge in [0.1, 0.15) is 6.10 Å². The van der Waals surface area contributed by atoms with Crippen LogP contribution >= 0.6 is 23.5 Å². The van der Waals surface area contributed by atoms with E-state index < -0.39 is 6.10 Å². The van der Waals surface area contributed by atoms with Gasteiger partial charge in [0.25, 0.3) is 0 Å². The molecule has 0 unspecified atom stereocenters. The van der Waals surface area contributed by atoms with Gasteiger partial charge in [0.2, 0.25) is 0 Å². The van der Waals surface area contributed by atoms with Gasteiger partial charge in [0, 0.05) is 9.79 Å². The predicted octanol–water partition coefficient (Wildman–Crippen LogP) is 5.74. The van der Waals surface area contributed by atoms with E-state index in [1.165, 1.54) is 48.3 Å². The zero-order valence-electron chi connectivity index (χ0n) is 15.6. The van der Waals surface area contributed by atoms with Crippen LogP contribution in [0, 0.1) is 0 Å². The molecule has 0 bridgehead atoms. The Morgan fingerprint density at radius 2 is 1.59 bits per heavy atom. The molecule has 5 heteroatoms. The quantitative estimate of drug-likeness (QED) is 0.207. The first-order chi connectivity index (χ1) is 13.3. The number of rotatable bonds is 11. The maximum atomic E-state index is 11.6. The van der Waals surface area contributed by atoms with Crippen LogP contribution in [0.25, 0.3) is 0 Å². The molecule has 1 aliphatic rings. The van der Waals surface area contributed by atoms with E-state index in [0.29, 0.717) is 0 Å². The number of benzene rings is 2. The average molecular weight is 403 g/mol. The molecule has 0 radical (unpaired) electrons. The van der Waals surface area contributed by atoms with Crippen molar-refractivity contribution >= 4 is 29.5 Å². The number of esters is 1. The highest BCUT2D eigenvalue weighted by atomic mass is 32.2. The molecule has 3 nitrogen and oxygen atoms in total. The maximum Gasteiger partial charge on any atom is 0.338 e. The molecule has 1 heterocycles. The predicted molar refractivity (Wildman–Crippen MR) is 112 cm³/mol. The molecule has 0 aromatic heterocycles. The van der Waals surface area contributed by atoms with Crippen LogP contribution in [-0.4, -0.2) is 30.7 Å². The van der Waals surface area contributed by atoms with E-state index in [1.54, 1.807) is 0 Å². The van der Waals surface area contributed by atoms with Crippen molar-refractivity contribution in [3.63, 3.8) is 0 Å². The summed E-state index contributed by atoms with van der Waals surface area (Å²) in [6.45, 7) is 0. The molecule has 2 aromatic carbocycles. The van der Waals surface area contributed by atoms with Gasteiger partial charge in [-0.15, -0.1) is 23.5 Å². The lowest BCUT2D eigenvalue weighted by Gasteiger charge is -2.07. The van der Waals surface area contributed by atoms with E-state index in [0.717, 1.165) is 11.3 Å². The van der Waals surface area contributed by atoms with Gasteiger partial charge in [0.05, 0.1) is 7.11 Å². The average Bonchev–Trinajstić information content (AvgIpc) is 3.51. The summed E-state index contributed by atoms with van der Waals surface area (Å²) in [5, 5.41) is 0. The van der Waals surface area contributed by atoms with Crippen LogP contribution in [0.15, 0.2) is 64.4 Å². The summed E-state index contributed by atoms with van der Waals surface area (Å²) in [6, 6.07) is 18.8. The highest BCUT2D eigenvalue weighted by Crippen LogP contribution is 2.43. The van der Waals surface area contributed by atoms with Crippen LogP contribution < -0.4 is 0 Å². The Balaban J connectivity index is 1.31. The van der Waals surface area contributed by atoms with Crippen LogP contribution in [0.3, 0.4) is 0 Å². The van der Waals surface area contributed by atoms with Gasteiger partial charge < -0.3 is 9.47 Å². The number of carbonyl (C=O) groups excluding carboxylic acids is 1. The standard InChI is InChI=1S/C22H26O3S2/c1-24-22(23)21-20(25-21)18-13-7-8-14-19(18)27-16-10-3-2-9-15-26-17-11-5-4-6-12-17/h4-8,11-14,20-21H,2-3,9-10,15-16H2,1H3/t20-,21+/m0/s1. The first kappa shape index (κ1) is 20.3. The Hall–Kier alpha value is -1.43. The van der Waals surface area contributed by atoms with Crippen molar-refractivity contribution in [3.05, 3.63) is 60.2 Å². The summed E-state index contributed by atoms with van der Waals surface area (Å²) >= 11 is 3.80. The first-order valence-electron chi connectivity index (χ1n) is 9.42. The van der Waals surface area contributed by atoms with E-state index in [9.17, 15) is 4.79 Å². The number of methoxy groups -OCH3 is 1. The zero-order chi connectivity index (χ0) is 18.9. The Morgan fingerprint density at radius 3 is 2.33 bits per heavy atom. The molecule has 0 saturated carbocycles. The smallest absolute Gasteiger partial charge is 0.338 e. The highest BCUT2D eigenvalue weighted by molar-refractivity contribution is 7.99. The van der Waals surface area contributed by atoms with Crippen LogP contribution in [0.2, 0.25) is 0 Å². The van der Waals surface area contributed by atoms with Gasteiger partial charge in [-0.05, 0) is 48.1 Å². The third-order valence-corrected chi connectivity index (χ3v) is 6.73. The second-order valence-corrected chi connectivity index (χ2v) is 8.77. The summed E-state index contributed by atoms with van der Waals surface area (Å²) in [6.07, 6.45) is 4.43. The van der Waals surface area contributed by atoms with Gasteiger partial charge in [-0.1, -0.05) is 49.2 Å². The Morgan fingerprint density at radius 1 is 0.926 bits per heavy atom. The summed E-state index contributed by atoms with van der Waals surface area (Å²) in [5.41, 5.74) is 1.11. The van der Waals surface area contributed by atoms with Gasteiger partial charge in [0.15, 0.2) is 6.10 Å². The van der Waals surface area contributed by atoms with E-state index in [1.807, 2.05) is 35.7 Å². The van der Waals surface area contributed by atoms with Crippen molar-refractivity contribution in [3.8, 4) is 0 Å². The van der Waals surface area contributed by atoms with Gasteiger partial charge in [-0.3, -0.25) is 0 Å². The number of ether oxygens (including phenoxy) is 2.